The summed E-state index contributed by atoms with van der Waals surface area (Å²) in [6.45, 7) is 24.2. The van der Waals surface area contributed by atoms with Crippen LogP contribution >= 0.6 is 8.60 Å². The molecule has 0 aliphatic carbocycles. The second kappa shape index (κ2) is 9.28. The van der Waals surface area contributed by atoms with Gasteiger partial charge in [0.15, 0.2) is 0 Å². The lowest BCUT2D eigenvalue weighted by Crippen LogP contribution is -2.16. The average molecular weight is 431 g/mol. The van der Waals surface area contributed by atoms with E-state index in [9.17, 15) is 0 Å². The van der Waals surface area contributed by atoms with Crippen molar-refractivity contribution < 1.29 is 13.6 Å². The number of hydrogen-bond acceptors (Lipinski definition) is 3. The third-order valence-electron chi connectivity index (χ3n) is 5.02. The lowest BCUT2D eigenvalue weighted by molar-refractivity contribution is 0.276. The molecule has 0 spiro atoms. The molecule has 3 nitrogen and oxygen atoms in total. The van der Waals surface area contributed by atoms with Gasteiger partial charge in [-0.2, -0.15) is 0 Å². The Labute approximate surface area is 185 Å². The maximum atomic E-state index is 6.48. The number of aryl methyl sites for hydroxylation is 4. The van der Waals surface area contributed by atoms with Crippen LogP contribution in [0.25, 0.3) is 0 Å². The van der Waals surface area contributed by atoms with E-state index in [0.717, 1.165) is 22.6 Å². The van der Waals surface area contributed by atoms with Crippen LogP contribution < -0.4 is 9.05 Å². The predicted octanol–water partition coefficient (Wildman–Crippen LogP) is 8.24. The van der Waals surface area contributed by atoms with Crippen molar-refractivity contribution in [3.05, 3.63) is 57.6 Å². The molecule has 0 saturated carbocycles. The minimum atomic E-state index is -1.59. The maximum absolute atomic E-state index is 6.48. The molecule has 30 heavy (non-hydrogen) atoms. The molecule has 4 heteroatoms. The fraction of sp³-hybridized carbons (Fsp3) is 0.538. The van der Waals surface area contributed by atoms with Crippen molar-refractivity contribution in [1.29, 1.82) is 0 Å². The molecule has 2 aromatic carbocycles. The Kier molecular flexibility index (Phi) is 7.64. The van der Waals surface area contributed by atoms with Gasteiger partial charge in [0.2, 0.25) is 0 Å². The van der Waals surface area contributed by atoms with Gasteiger partial charge in [-0.25, -0.2) is 0 Å². The van der Waals surface area contributed by atoms with Gasteiger partial charge in [0.1, 0.15) is 11.5 Å². The van der Waals surface area contributed by atoms with Crippen LogP contribution in [0.4, 0.5) is 0 Å². The number of benzene rings is 2. The van der Waals surface area contributed by atoms with E-state index in [-0.39, 0.29) is 10.8 Å². The van der Waals surface area contributed by atoms with Gasteiger partial charge >= 0.3 is 8.60 Å². The van der Waals surface area contributed by atoms with E-state index in [1.165, 1.54) is 22.3 Å². The van der Waals surface area contributed by atoms with E-state index in [4.69, 9.17) is 13.6 Å². The molecule has 0 amide bonds. The van der Waals surface area contributed by atoms with Gasteiger partial charge in [-0.15, -0.1) is 0 Å². The molecule has 0 N–H and O–H groups in total. The molecule has 0 saturated heterocycles. The average Bonchev–Trinajstić information content (AvgIpc) is 2.57. The van der Waals surface area contributed by atoms with Crippen molar-refractivity contribution in [2.45, 2.75) is 87.0 Å². The molecule has 0 aliphatic rings. The van der Waals surface area contributed by atoms with Gasteiger partial charge in [-0.05, 0) is 56.6 Å². The van der Waals surface area contributed by atoms with Crippen LogP contribution in [0.15, 0.2) is 24.3 Å². The molecule has 0 bridgehead atoms. The van der Waals surface area contributed by atoms with Gasteiger partial charge in [0.05, 0.1) is 6.61 Å². The summed E-state index contributed by atoms with van der Waals surface area (Å²) in [5.41, 5.74) is 6.93. The first-order valence-electron chi connectivity index (χ1n) is 10.8. The lowest BCUT2D eigenvalue weighted by atomic mass is 9.84. The van der Waals surface area contributed by atoms with Gasteiger partial charge < -0.3 is 9.05 Å². The molecule has 0 aliphatic heterocycles. The van der Waals surface area contributed by atoms with Gasteiger partial charge in [0, 0.05) is 11.1 Å². The minimum Gasteiger partial charge on any atom is -0.417 e. The third-order valence-corrected chi connectivity index (χ3v) is 6.15. The zero-order chi connectivity index (χ0) is 22.9. The highest BCUT2D eigenvalue weighted by molar-refractivity contribution is 7.42. The van der Waals surface area contributed by atoms with Crippen molar-refractivity contribution in [1.82, 2.24) is 0 Å². The molecular weight excluding hydrogens is 391 g/mol. The molecule has 0 unspecified atom stereocenters. The van der Waals surface area contributed by atoms with E-state index in [1.54, 1.807) is 0 Å². The van der Waals surface area contributed by atoms with Crippen LogP contribution in [0.2, 0.25) is 0 Å². The Balaban J connectivity index is 2.50. The van der Waals surface area contributed by atoms with Crippen molar-refractivity contribution in [3.63, 3.8) is 0 Å². The zero-order valence-corrected chi connectivity index (χ0v) is 21.6. The van der Waals surface area contributed by atoms with Crippen molar-refractivity contribution in [2.75, 3.05) is 6.61 Å². The molecular formula is C26H39O3P. The van der Waals surface area contributed by atoms with E-state index in [1.807, 2.05) is 6.92 Å². The highest BCUT2D eigenvalue weighted by Gasteiger charge is 2.29. The fourth-order valence-corrected chi connectivity index (χ4v) is 4.73. The quantitative estimate of drug-likeness (QED) is 0.432. The lowest BCUT2D eigenvalue weighted by Gasteiger charge is -2.29. The molecule has 2 aromatic rings. The number of rotatable bonds is 6. The molecule has 0 heterocycles. The van der Waals surface area contributed by atoms with Crippen LogP contribution in [0.5, 0.6) is 11.5 Å². The van der Waals surface area contributed by atoms with Gasteiger partial charge in [-0.1, -0.05) is 76.9 Å². The van der Waals surface area contributed by atoms with Crippen LogP contribution in [-0.2, 0) is 15.4 Å². The van der Waals surface area contributed by atoms with Crippen LogP contribution in [0, 0.1) is 27.7 Å². The van der Waals surface area contributed by atoms with Crippen LogP contribution in [0.1, 0.15) is 81.8 Å². The zero-order valence-electron chi connectivity index (χ0n) is 20.7. The first-order valence-corrected chi connectivity index (χ1v) is 11.9. The smallest absolute Gasteiger partial charge is 0.417 e. The summed E-state index contributed by atoms with van der Waals surface area (Å²) in [7, 11) is -1.59. The minimum absolute atomic E-state index is 0.0460. The van der Waals surface area contributed by atoms with Crippen LogP contribution in [-0.4, -0.2) is 6.61 Å². The Bertz CT molecular complexity index is 817. The highest BCUT2D eigenvalue weighted by atomic mass is 31.2. The summed E-state index contributed by atoms with van der Waals surface area (Å²) in [6, 6.07) is 8.72. The van der Waals surface area contributed by atoms with Gasteiger partial charge in [-0.3, -0.25) is 4.52 Å². The molecule has 2 rings (SSSR count). The molecule has 0 atom stereocenters. The molecule has 166 valence electrons. The molecule has 0 radical (unpaired) electrons. The highest BCUT2D eigenvalue weighted by Crippen LogP contribution is 2.49. The van der Waals surface area contributed by atoms with Crippen molar-refractivity contribution in [2.24, 2.45) is 0 Å². The monoisotopic (exact) mass is 430 g/mol. The Morgan fingerprint density at radius 3 is 1.33 bits per heavy atom. The Morgan fingerprint density at radius 2 is 1.03 bits per heavy atom. The summed E-state index contributed by atoms with van der Waals surface area (Å²) < 4.78 is 18.9. The first-order chi connectivity index (χ1) is 13.7. The number of hydrogen-bond donors (Lipinski definition) is 0. The van der Waals surface area contributed by atoms with E-state index >= 15 is 0 Å². The summed E-state index contributed by atoms with van der Waals surface area (Å²) in [6.07, 6.45) is 0. The predicted molar refractivity (Wildman–Crippen MR) is 129 cm³/mol. The summed E-state index contributed by atoms with van der Waals surface area (Å²) in [5.74, 6) is 1.74. The van der Waals surface area contributed by atoms with Crippen LogP contribution in [0.3, 0.4) is 0 Å². The summed E-state index contributed by atoms with van der Waals surface area (Å²) in [4.78, 5) is 0. The topological polar surface area (TPSA) is 27.7 Å². The Morgan fingerprint density at radius 1 is 0.667 bits per heavy atom. The second-order valence-electron chi connectivity index (χ2n) is 10.2. The second-order valence-corrected chi connectivity index (χ2v) is 11.3. The molecule has 0 fully saturated rings. The first kappa shape index (κ1) is 24.7. The normalized spacial score (nSPS) is 12.4. The Hall–Kier alpha value is -1.57. The summed E-state index contributed by atoms with van der Waals surface area (Å²) in [5, 5.41) is 0. The van der Waals surface area contributed by atoms with E-state index in [2.05, 4.69) is 93.5 Å². The standard InChI is InChI=1S/C26H39O3P/c1-12-27-30(28-23-19(4)13-17(2)15-21(23)25(6,7)8)29-24-20(5)14-18(3)16-22(24)26(9,10)11/h13-16H,12H2,1-11H3. The maximum Gasteiger partial charge on any atom is 0.463 e. The van der Waals surface area contributed by atoms with E-state index < -0.39 is 8.60 Å². The third kappa shape index (κ3) is 5.99. The fourth-order valence-electron chi connectivity index (χ4n) is 3.59. The van der Waals surface area contributed by atoms with Crippen molar-refractivity contribution >= 4 is 8.60 Å². The van der Waals surface area contributed by atoms with E-state index in [0.29, 0.717) is 6.61 Å². The van der Waals surface area contributed by atoms with Crippen molar-refractivity contribution in [3.8, 4) is 11.5 Å². The van der Waals surface area contributed by atoms with Gasteiger partial charge in [0.25, 0.3) is 0 Å². The largest absolute Gasteiger partial charge is 0.463 e. The summed E-state index contributed by atoms with van der Waals surface area (Å²) >= 11 is 0. The SMILES string of the molecule is CCOP(Oc1c(C)cc(C)cc1C(C)(C)C)Oc1c(C)cc(C)cc1C(C)(C)C. The molecule has 0 aromatic heterocycles.